The molecule has 0 radical (unpaired) electrons. The lowest BCUT2D eigenvalue weighted by Crippen LogP contribution is -2.12. The van der Waals surface area contributed by atoms with Crippen molar-refractivity contribution in [1.82, 2.24) is 4.98 Å². The number of anilines is 2. The van der Waals surface area contributed by atoms with Crippen molar-refractivity contribution in [2.24, 2.45) is 0 Å². The van der Waals surface area contributed by atoms with Crippen molar-refractivity contribution >= 4 is 29.2 Å². The standard InChI is InChI=1S/C29H23N5O2S/c1-19-7-9-20(10-8-19)27-24(17-30)28(32)34-29(25(27)18-31)37-16-15-26(35)33-21-11-13-23(14-12-21)36-22-5-3-2-4-6-22/h2-14H,15-16H2,1H3,(H2,32,34)(H,33,35). The van der Waals surface area contributed by atoms with Crippen LogP contribution >= 0.6 is 11.8 Å². The zero-order chi connectivity index (χ0) is 26.2. The molecule has 4 aromatic rings. The van der Waals surface area contributed by atoms with Gasteiger partial charge < -0.3 is 15.8 Å². The lowest BCUT2D eigenvalue weighted by Gasteiger charge is -2.13. The molecule has 8 heteroatoms. The molecule has 0 aliphatic heterocycles. The van der Waals surface area contributed by atoms with Crippen molar-refractivity contribution in [3.05, 3.63) is 95.6 Å². The van der Waals surface area contributed by atoms with Crippen molar-refractivity contribution in [2.75, 3.05) is 16.8 Å². The fraction of sp³-hybridized carbons (Fsp3) is 0.103. The van der Waals surface area contributed by atoms with E-state index in [-0.39, 0.29) is 29.3 Å². The quantitative estimate of drug-likeness (QED) is 0.269. The van der Waals surface area contributed by atoms with E-state index in [2.05, 4.69) is 22.4 Å². The minimum absolute atomic E-state index is 0.0573. The number of para-hydroxylation sites is 1. The van der Waals surface area contributed by atoms with E-state index in [9.17, 15) is 15.3 Å². The largest absolute Gasteiger partial charge is 0.457 e. The first kappa shape index (κ1) is 25.3. The van der Waals surface area contributed by atoms with Gasteiger partial charge >= 0.3 is 0 Å². The molecule has 0 saturated carbocycles. The average Bonchev–Trinajstić information content (AvgIpc) is 2.90. The molecular formula is C29H23N5O2S. The number of aryl methyl sites for hydroxylation is 1. The van der Waals surface area contributed by atoms with Crippen molar-refractivity contribution < 1.29 is 9.53 Å². The number of rotatable bonds is 8. The molecule has 7 nitrogen and oxygen atoms in total. The lowest BCUT2D eigenvalue weighted by atomic mass is 9.96. The van der Waals surface area contributed by atoms with Crippen LogP contribution in [0.25, 0.3) is 11.1 Å². The van der Waals surface area contributed by atoms with Crippen molar-refractivity contribution in [2.45, 2.75) is 18.4 Å². The number of benzene rings is 3. The lowest BCUT2D eigenvalue weighted by molar-refractivity contribution is -0.115. The van der Waals surface area contributed by atoms with Gasteiger partial charge in [0.1, 0.15) is 40.0 Å². The van der Waals surface area contributed by atoms with Crippen LogP contribution in [0.3, 0.4) is 0 Å². The van der Waals surface area contributed by atoms with E-state index in [0.29, 0.717) is 33.3 Å². The Labute approximate surface area is 219 Å². The van der Waals surface area contributed by atoms with E-state index in [4.69, 9.17) is 10.5 Å². The summed E-state index contributed by atoms with van der Waals surface area (Å²) in [4.78, 5) is 16.8. The number of carbonyl (C=O) groups is 1. The molecule has 0 aliphatic carbocycles. The number of nitrogen functional groups attached to an aromatic ring is 1. The predicted molar refractivity (Wildman–Crippen MR) is 145 cm³/mol. The number of amides is 1. The summed E-state index contributed by atoms with van der Waals surface area (Å²) < 4.78 is 5.77. The van der Waals surface area contributed by atoms with Crippen LogP contribution in [-0.4, -0.2) is 16.6 Å². The topological polar surface area (TPSA) is 125 Å². The Morgan fingerprint density at radius 1 is 0.946 bits per heavy atom. The zero-order valence-electron chi connectivity index (χ0n) is 20.1. The Balaban J connectivity index is 1.41. The summed E-state index contributed by atoms with van der Waals surface area (Å²) in [6, 6.07) is 28.3. The second-order valence-corrected chi connectivity index (χ2v) is 9.19. The van der Waals surface area contributed by atoms with Crippen LogP contribution in [0.5, 0.6) is 11.5 Å². The van der Waals surface area contributed by atoms with Gasteiger partial charge in [0, 0.05) is 23.4 Å². The van der Waals surface area contributed by atoms with Gasteiger partial charge in [-0.1, -0.05) is 48.0 Å². The first-order chi connectivity index (χ1) is 18.0. The molecule has 0 saturated heterocycles. The minimum Gasteiger partial charge on any atom is -0.457 e. The van der Waals surface area contributed by atoms with E-state index in [1.165, 1.54) is 11.8 Å². The second-order valence-electron chi connectivity index (χ2n) is 8.10. The number of hydrogen-bond acceptors (Lipinski definition) is 7. The number of nitrogens with one attached hydrogen (secondary N) is 1. The molecule has 0 atom stereocenters. The van der Waals surface area contributed by atoms with E-state index >= 15 is 0 Å². The molecule has 0 fully saturated rings. The Kier molecular flexibility index (Phi) is 8.05. The SMILES string of the molecule is Cc1ccc(-c2c(C#N)c(N)nc(SCCC(=O)Nc3ccc(Oc4ccccc4)cc3)c2C#N)cc1. The number of pyridine rings is 1. The Morgan fingerprint density at radius 3 is 2.24 bits per heavy atom. The van der Waals surface area contributed by atoms with Gasteiger partial charge in [-0.25, -0.2) is 4.98 Å². The number of nitrogens with zero attached hydrogens (tertiary/aromatic N) is 3. The Bertz CT molecular complexity index is 1490. The van der Waals surface area contributed by atoms with Crippen LogP contribution in [-0.2, 0) is 4.79 Å². The van der Waals surface area contributed by atoms with Crippen LogP contribution in [0.15, 0.2) is 83.9 Å². The molecule has 0 unspecified atom stereocenters. The van der Waals surface area contributed by atoms with Gasteiger partial charge in [0.2, 0.25) is 5.91 Å². The molecule has 3 aromatic carbocycles. The van der Waals surface area contributed by atoms with Crippen LogP contribution < -0.4 is 15.8 Å². The highest BCUT2D eigenvalue weighted by Gasteiger charge is 2.20. The monoisotopic (exact) mass is 505 g/mol. The van der Waals surface area contributed by atoms with E-state index in [1.807, 2.05) is 61.5 Å². The van der Waals surface area contributed by atoms with Gasteiger partial charge in [-0.2, -0.15) is 10.5 Å². The number of thioether (sulfide) groups is 1. The molecule has 182 valence electrons. The Hall–Kier alpha value is -4.79. The summed E-state index contributed by atoms with van der Waals surface area (Å²) in [5.74, 6) is 1.65. The minimum atomic E-state index is -0.178. The maximum atomic E-state index is 12.5. The summed E-state index contributed by atoms with van der Waals surface area (Å²) in [5.41, 5.74) is 9.39. The van der Waals surface area contributed by atoms with Gasteiger partial charge in [-0.15, -0.1) is 11.8 Å². The highest BCUT2D eigenvalue weighted by Crippen LogP contribution is 2.36. The van der Waals surface area contributed by atoms with E-state index < -0.39 is 0 Å². The van der Waals surface area contributed by atoms with Crippen molar-refractivity contribution in [3.8, 4) is 34.8 Å². The maximum absolute atomic E-state index is 12.5. The van der Waals surface area contributed by atoms with Crippen LogP contribution in [0, 0.1) is 29.6 Å². The molecule has 1 amide bonds. The summed E-state index contributed by atoms with van der Waals surface area (Å²) in [6.45, 7) is 1.96. The third kappa shape index (κ3) is 6.26. The molecule has 3 N–H and O–H groups in total. The maximum Gasteiger partial charge on any atom is 0.225 e. The fourth-order valence-electron chi connectivity index (χ4n) is 3.61. The highest BCUT2D eigenvalue weighted by atomic mass is 32.2. The number of ether oxygens (including phenoxy) is 1. The average molecular weight is 506 g/mol. The van der Waals surface area contributed by atoms with Gasteiger partial charge in [-0.05, 0) is 48.9 Å². The molecule has 4 rings (SSSR count). The first-order valence-corrected chi connectivity index (χ1v) is 12.4. The molecule has 0 spiro atoms. The molecule has 0 bridgehead atoms. The van der Waals surface area contributed by atoms with Gasteiger partial charge in [-0.3, -0.25) is 4.79 Å². The van der Waals surface area contributed by atoms with Crippen LogP contribution in [0.4, 0.5) is 11.5 Å². The third-order valence-electron chi connectivity index (χ3n) is 5.44. The number of carbonyl (C=O) groups excluding carboxylic acids is 1. The third-order valence-corrected chi connectivity index (χ3v) is 6.42. The summed E-state index contributed by atoms with van der Waals surface area (Å²) >= 11 is 1.26. The number of aromatic nitrogens is 1. The number of nitriles is 2. The smallest absolute Gasteiger partial charge is 0.225 e. The Morgan fingerprint density at radius 2 is 1.59 bits per heavy atom. The van der Waals surface area contributed by atoms with Crippen LogP contribution in [0.1, 0.15) is 23.1 Å². The summed E-state index contributed by atoms with van der Waals surface area (Å²) in [5, 5.41) is 22.8. The van der Waals surface area contributed by atoms with Crippen LogP contribution in [0.2, 0.25) is 0 Å². The van der Waals surface area contributed by atoms with Gasteiger partial charge in [0.05, 0.1) is 5.56 Å². The molecule has 0 aliphatic rings. The number of hydrogen-bond donors (Lipinski definition) is 2. The zero-order valence-corrected chi connectivity index (χ0v) is 20.9. The normalized spacial score (nSPS) is 10.2. The van der Waals surface area contributed by atoms with Gasteiger partial charge in [0.25, 0.3) is 0 Å². The second kappa shape index (κ2) is 11.8. The predicted octanol–water partition coefficient (Wildman–Crippen LogP) is 6.30. The van der Waals surface area contributed by atoms with Crippen molar-refractivity contribution in [3.63, 3.8) is 0 Å². The molecule has 37 heavy (non-hydrogen) atoms. The molecular weight excluding hydrogens is 482 g/mol. The van der Waals surface area contributed by atoms with E-state index in [0.717, 1.165) is 11.3 Å². The van der Waals surface area contributed by atoms with Gasteiger partial charge in [0.15, 0.2) is 0 Å². The number of nitrogens with two attached hydrogens (primary N) is 1. The fourth-order valence-corrected chi connectivity index (χ4v) is 4.54. The first-order valence-electron chi connectivity index (χ1n) is 11.4. The molecule has 1 aromatic heterocycles. The highest BCUT2D eigenvalue weighted by molar-refractivity contribution is 7.99. The molecule has 1 heterocycles. The van der Waals surface area contributed by atoms with Crippen molar-refractivity contribution in [1.29, 1.82) is 10.5 Å². The summed E-state index contributed by atoms with van der Waals surface area (Å²) in [7, 11) is 0. The summed E-state index contributed by atoms with van der Waals surface area (Å²) in [6.07, 6.45) is 0.194. The van der Waals surface area contributed by atoms with E-state index in [1.54, 1.807) is 24.3 Å².